The molecule has 1 aromatic rings. The quantitative estimate of drug-likeness (QED) is 0.782. The van der Waals surface area contributed by atoms with E-state index in [9.17, 15) is 8.42 Å². The van der Waals surface area contributed by atoms with E-state index in [-0.39, 0.29) is 18.0 Å². The summed E-state index contributed by atoms with van der Waals surface area (Å²) in [5, 5.41) is 0. The van der Waals surface area contributed by atoms with Gasteiger partial charge in [-0.25, -0.2) is 8.42 Å². The molecule has 3 nitrogen and oxygen atoms in total. The minimum absolute atomic E-state index is 0.0322. The van der Waals surface area contributed by atoms with E-state index in [0.29, 0.717) is 12.8 Å². The highest BCUT2D eigenvalue weighted by atomic mass is 32.2. The number of aryl methyl sites for hydroxylation is 1. The molecule has 0 saturated heterocycles. The number of sulfonamides is 1. The van der Waals surface area contributed by atoms with Crippen LogP contribution in [-0.4, -0.2) is 25.8 Å². The molecule has 0 fully saturated rings. The Morgan fingerprint density at radius 1 is 0.800 bits per heavy atom. The Kier molecular flexibility index (Phi) is 9.00. The molecule has 0 saturated carbocycles. The Balaban J connectivity index is 3.07. The van der Waals surface area contributed by atoms with E-state index in [1.807, 2.05) is 20.8 Å². The minimum atomic E-state index is -3.67. The standard InChI is InChI=1S/C21H21NO2S/c1-4-6-8-10-12-18-22(19-13-11-9-7-5-2)25(23,24)21-16-14-20(3)15-17-21/h14-17H,4-5,18-19H2,1-3H3. The molecule has 0 amide bonds. The second kappa shape index (κ2) is 11.0. The van der Waals surface area contributed by atoms with Gasteiger partial charge in [-0.15, -0.1) is 0 Å². The van der Waals surface area contributed by atoms with Gasteiger partial charge in [-0.05, 0) is 42.7 Å². The molecule has 1 aromatic carbocycles. The minimum Gasteiger partial charge on any atom is -0.207 e. The van der Waals surface area contributed by atoms with E-state index in [4.69, 9.17) is 0 Å². The molecule has 25 heavy (non-hydrogen) atoms. The summed E-state index contributed by atoms with van der Waals surface area (Å²) in [5.41, 5.74) is 0.995. The van der Waals surface area contributed by atoms with Gasteiger partial charge in [-0.3, -0.25) is 0 Å². The van der Waals surface area contributed by atoms with Crippen LogP contribution in [0.15, 0.2) is 29.2 Å². The number of hydrogen-bond donors (Lipinski definition) is 0. The molecule has 1 rings (SSSR count). The first-order chi connectivity index (χ1) is 12.0. The van der Waals surface area contributed by atoms with Crippen LogP contribution >= 0.6 is 0 Å². The second-order valence-electron chi connectivity index (χ2n) is 5.00. The number of benzene rings is 1. The van der Waals surface area contributed by atoms with E-state index >= 15 is 0 Å². The molecule has 0 unspecified atom stereocenters. The fourth-order valence-corrected chi connectivity index (χ4v) is 2.94. The van der Waals surface area contributed by atoms with Crippen LogP contribution in [0.2, 0.25) is 0 Å². The van der Waals surface area contributed by atoms with Crippen LogP contribution in [0.25, 0.3) is 0 Å². The highest BCUT2D eigenvalue weighted by molar-refractivity contribution is 7.89. The van der Waals surface area contributed by atoms with Crippen LogP contribution in [0.1, 0.15) is 32.3 Å². The monoisotopic (exact) mass is 351 g/mol. The van der Waals surface area contributed by atoms with Gasteiger partial charge < -0.3 is 0 Å². The van der Waals surface area contributed by atoms with Crippen molar-refractivity contribution in [3.63, 3.8) is 0 Å². The second-order valence-corrected chi connectivity index (χ2v) is 6.94. The Hall–Kier alpha value is -2.63. The summed E-state index contributed by atoms with van der Waals surface area (Å²) in [5.74, 6) is 21.9. The average Bonchev–Trinajstić information content (AvgIpc) is 2.59. The first-order valence-corrected chi connectivity index (χ1v) is 9.44. The van der Waals surface area contributed by atoms with E-state index in [0.717, 1.165) is 5.56 Å². The van der Waals surface area contributed by atoms with Crippen molar-refractivity contribution in [2.24, 2.45) is 0 Å². The fraction of sp³-hybridized carbons (Fsp3) is 0.333. The van der Waals surface area contributed by atoms with Crippen LogP contribution < -0.4 is 0 Å². The van der Waals surface area contributed by atoms with Crippen molar-refractivity contribution in [2.75, 3.05) is 13.1 Å². The molecule has 0 heterocycles. The van der Waals surface area contributed by atoms with Gasteiger partial charge in [-0.1, -0.05) is 55.2 Å². The Morgan fingerprint density at radius 2 is 1.24 bits per heavy atom. The summed E-state index contributed by atoms with van der Waals surface area (Å²) in [4.78, 5) is 0.223. The van der Waals surface area contributed by atoms with Gasteiger partial charge in [0, 0.05) is 12.8 Å². The van der Waals surface area contributed by atoms with Crippen molar-refractivity contribution in [3.8, 4) is 47.4 Å². The molecule has 0 aliphatic rings. The Labute approximate surface area is 151 Å². The molecule has 0 N–H and O–H groups in total. The van der Waals surface area contributed by atoms with Gasteiger partial charge >= 0.3 is 0 Å². The van der Waals surface area contributed by atoms with E-state index < -0.39 is 10.0 Å². The molecule has 0 bridgehead atoms. The van der Waals surface area contributed by atoms with Gasteiger partial charge in [0.05, 0.1) is 18.0 Å². The summed E-state index contributed by atoms with van der Waals surface area (Å²) < 4.78 is 26.8. The first-order valence-electron chi connectivity index (χ1n) is 8.00. The van der Waals surface area contributed by atoms with Gasteiger partial charge in [0.25, 0.3) is 0 Å². The van der Waals surface area contributed by atoms with E-state index in [2.05, 4.69) is 47.4 Å². The topological polar surface area (TPSA) is 37.4 Å². The summed E-state index contributed by atoms with van der Waals surface area (Å²) in [7, 11) is -3.67. The molecule has 0 spiro atoms. The van der Waals surface area contributed by atoms with Crippen molar-refractivity contribution in [2.45, 2.75) is 38.5 Å². The molecule has 128 valence electrons. The lowest BCUT2D eigenvalue weighted by Crippen LogP contribution is -2.32. The van der Waals surface area contributed by atoms with Crippen LogP contribution in [-0.2, 0) is 10.0 Å². The number of hydrogen-bond acceptors (Lipinski definition) is 2. The summed E-state index contributed by atoms with van der Waals surface area (Å²) in [6.07, 6.45) is 1.42. The van der Waals surface area contributed by atoms with Gasteiger partial charge in [0.15, 0.2) is 0 Å². The maximum Gasteiger partial charge on any atom is 0.244 e. The summed E-state index contributed by atoms with van der Waals surface area (Å²) in [6, 6.07) is 6.71. The van der Waals surface area contributed by atoms with Gasteiger partial charge in [-0.2, -0.15) is 4.31 Å². The maximum absolute atomic E-state index is 12.8. The highest BCUT2D eigenvalue weighted by Crippen LogP contribution is 2.15. The third kappa shape index (κ3) is 7.20. The smallest absolute Gasteiger partial charge is 0.207 e. The molecule has 0 aromatic heterocycles. The average molecular weight is 351 g/mol. The lowest BCUT2D eigenvalue weighted by atomic mass is 10.2. The van der Waals surface area contributed by atoms with Crippen LogP contribution in [0.4, 0.5) is 0 Å². The third-order valence-corrected chi connectivity index (χ3v) is 4.81. The largest absolute Gasteiger partial charge is 0.244 e. The summed E-state index contributed by atoms with van der Waals surface area (Å²) >= 11 is 0. The van der Waals surface area contributed by atoms with Crippen LogP contribution in [0.3, 0.4) is 0 Å². The zero-order valence-electron chi connectivity index (χ0n) is 14.8. The van der Waals surface area contributed by atoms with Gasteiger partial charge in [0.2, 0.25) is 10.0 Å². The highest BCUT2D eigenvalue weighted by Gasteiger charge is 2.22. The van der Waals surface area contributed by atoms with Crippen LogP contribution in [0, 0.1) is 54.3 Å². The predicted molar refractivity (Wildman–Crippen MR) is 102 cm³/mol. The zero-order valence-corrected chi connectivity index (χ0v) is 15.6. The lowest BCUT2D eigenvalue weighted by molar-refractivity contribution is 0.482. The maximum atomic E-state index is 12.8. The lowest BCUT2D eigenvalue weighted by Gasteiger charge is -2.17. The molecular weight excluding hydrogens is 330 g/mol. The fourth-order valence-electron chi connectivity index (χ4n) is 1.69. The zero-order chi connectivity index (χ0) is 18.5. The van der Waals surface area contributed by atoms with E-state index in [1.54, 1.807) is 24.3 Å². The molecular formula is C21H21NO2S. The Bertz CT molecular complexity index is 871. The Morgan fingerprint density at radius 3 is 1.68 bits per heavy atom. The van der Waals surface area contributed by atoms with Gasteiger partial charge in [0.1, 0.15) is 0 Å². The number of nitrogens with zero attached hydrogens (tertiary/aromatic N) is 1. The summed E-state index contributed by atoms with van der Waals surface area (Å²) in [6.45, 7) is 5.82. The SMILES string of the molecule is CCC#CC#CCN(CC#CC#CCC)S(=O)(=O)c1ccc(C)cc1. The molecule has 0 atom stereocenters. The van der Waals surface area contributed by atoms with Crippen LogP contribution in [0.5, 0.6) is 0 Å². The van der Waals surface area contributed by atoms with Crippen molar-refractivity contribution >= 4 is 10.0 Å². The molecule has 0 aliphatic carbocycles. The molecule has 0 aliphatic heterocycles. The van der Waals surface area contributed by atoms with E-state index in [1.165, 1.54) is 4.31 Å². The van der Waals surface area contributed by atoms with Crippen molar-refractivity contribution < 1.29 is 8.42 Å². The predicted octanol–water partition coefficient (Wildman–Crippen LogP) is 2.82. The first kappa shape index (κ1) is 20.4. The molecule has 0 radical (unpaired) electrons. The van der Waals surface area contributed by atoms with Crippen molar-refractivity contribution in [1.29, 1.82) is 0 Å². The normalized spacial score (nSPS) is 9.44. The number of rotatable bonds is 4. The van der Waals surface area contributed by atoms with Crippen molar-refractivity contribution in [3.05, 3.63) is 29.8 Å². The molecule has 4 heteroatoms. The van der Waals surface area contributed by atoms with Crippen molar-refractivity contribution in [1.82, 2.24) is 4.31 Å². The third-order valence-electron chi connectivity index (χ3n) is 3.00.